The molecule has 2 aliphatic carbocycles. The summed E-state index contributed by atoms with van der Waals surface area (Å²) < 4.78 is 0.332. The lowest BCUT2D eigenvalue weighted by atomic mass is 9.91. The Morgan fingerprint density at radius 1 is 1.10 bits per heavy atom. The number of aromatic nitrogens is 2. The molecule has 0 aromatic carbocycles. The van der Waals surface area contributed by atoms with Crippen molar-refractivity contribution in [3.8, 4) is 0 Å². The first kappa shape index (κ1) is 27.1. The summed E-state index contributed by atoms with van der Waals surface area (Å²) in [5.74, 6) is 2.66. The van der Waals surface area contributed by atoms with Gasteiger partial charge in [-0.05, 0) is 68.9 Å². The second-order valence-corrected chi connectivity index (χ2v) is 14.1. The van der Waals surface area contributed by atoms with E-state index in [0.29, 0.717) is 46.6 Å². The van der Waals surface area contributed by atoms with Crippen LogP contribution in [0.2, 0.25) is 0 Å². The van der Waals surface area contributed by atoms with E-state index < -0.39 is 0 Å². The number of hydrogen-bond acceptors (Lipinski definition) is 5. The number of likely N-dealkylation sites (tertiary alicyclic amines) is 1. The van der Waals surface area contributed by atoms with E-state index in [1.807, 2.05) is 12.1 Å². The molecule has 4 heterocycles. The van der Waals surface area contributed by atoms with Gasteiger partial charge in [-0.25, -0.2) is 0 Å². The second kappa shape index (κ2) is 11.8. The summed E-state index contributed by atoms with van der Waals surface area (Å²) in [6, 6.07) is 4.09. The molecule has 2 aromatic heterocycles. The number of amides is 2. The Bertz CT molecular complexity index is 1110. The Labute approximate surface area is 237 Å². The summed E-state index contributed by atoms with van der Waals surface area (Å²) in [6.45, 7) is 4.80. The number of nitrogens with one attached hydrogen (secondary N) is 3. The average Bonchev–Trinajstić information content (AvgIpc) is 3.19. The molecule has 7 nitrogen and oxygen atoms in total. The van der Waals surface area contributed by atoms with Crippen LogP contribution in [0.3, 0.4) is 0 Å². The quantitative estimate of drug-likeness (QED) is 0.378. The van der Waals surface area contributed by atoms with Crippen LogP contribution in [0.4, 0.5) is 0 Å². The highest BCUT2D eigenvalue weighted by Gasteiger charge is 2.70. The number of carbonyl (C=O) groups excluding carboxylic acids is 2. The van der Waals surface area contributed by atoms with Crippen molar-refractivity contribution in [2.24, 2.45) is 17.8 Å². The topological polar surface area (TPSA) is 90.1 Å². The first-order chi connectivity index (χ1) is 19.0. The van der Waals surface area contributed by atoms with Crippen LogP contribution in [-0.4, -0.2) is 62.5 Å². The summed E-state index contributed by atoms with van der Waals surface area (Å²) in [5.41, 5.74) is 1.53. The number of nitrogens with zero attached hydrogens (tertiary/aromatic N) is 2. The molecule has 1 spiro atoms. The van der Waals surface area contributed by atoms with Crippen molar-refractivity contribution in [2.75, 3.05) is 19.6 Å². The molecular weight excluding hydrogens is 506 g/mol. The van der Waals surface area contributed by atoms with Crippen molar-refractivity contribution in [2.45, 2.75) is 100 Å². The maximum atomic E-state index is 13.4. The average molecular weight is 552 g/mol. The molecule has 3 N–H and O–H groups in total. The van der Waals surface area contributed by atoms with Gasteiger partial charge in [-0.1, -0.05) is 38.5 Å². The molecule has 0 bridgehead atoms. The van der Waals surface area contributed by atoms with Gasteiger partial charge in [0.15, 0.2) is 0 Å². The van der Waals surface area contributed by atoms with Gasteiger partial charge < -0.3 is 20.5 Å². The fourth-order valence-corrected chi connectivity index (χ4v) is 9.95. The summed E-state index contributed by atoms with van der Waals surface area (Å²) in [6.07, 6.45) is 18.0. The van der Waals surface area contributed by atoms with Crippen molar-refractivity contribution in [3.63, 3.8) is 0 Å². The lowest BCUT2D eigenvalue weighted by Crippen LogP contribution is -2.44. The Kier molecular flexibility index (Phi) is 8.22. The molecule has 0 radical (unpaired) electrons. The summed E-state index contributed by atoms with van der Waals surface area (Å²) in [4.78, 5) is 35.3. The van der Waals surface area contributed by atoms with Gasteiger partial charge in [0.2, 0.25) is 5.91 Å². The van der Waals surface area contributed by atoms with Crippen LogP contribution in [0.15, 0.2) is 24.5 Å². The van der Waals surface area contributed by atoms with Crippen LogP contribution in [0, 0.1) is 17.8 Å². The number of thioether (sulfide) groups is 1. The highest BCUT2D eigenvalue weighted by Crippen LogP contribution is 2.69. The highest BCUT2D eigenvalue weighted by atomic mass is 32.2. The lowest BCUT2D eigenvalue weighted by molar-refractivity contribution is -0.133. The van der Waals surface area contributed by atoms with Gasteiger partial charge in [0.25, 0.3) is 5.91 Å². The maximum Gasteiger partial charge on any atom is 0.267 e. The van der Waals surface area contributed by atoms with Crippen LogP contribution in [0.5, 0.6) is 0 Å². The molecule has 4 unspecified atom stereocenters. The van der Waals surface area contributed by atoms with E-state index >= 15 is 0 Å². The zero-order valence-corrected chi connectivity index (χ0v) is 24.2. The van der Waals surface area contributed by atoms with E-state index in [9.17, 15) is 9.59 Å². The van der Waals surface area contributed by atoms with Crippen molar-refractivity contribution in [3.05, 3.63) is 30.2 Å². The van der Waals surface area contributed by atoms with E-state index in [1.54, 1.807) is 12.4 Å². The first-order valence-electron chi connectivity index (χ1n) is 15.5. The smallest absolute Gasteiger partial charge is 0.267 e. The van der Waals surface area contributed by atoms with E-state index in [0.717, 1.165) is 61.5 Å². The van der Waals surface area contributed by atoms with Crippen LogP contribution in [0.25, 0.3) is 10.9 Å². The molecule has 2 aromatic rings. The Hall–Kier alpha value is -2.06. The highest BCUT2D eigenvalue weighted by molar-refractivity contribution is 8.01. The van der Waals surface area contributed by atoms with Crippen LogP contribution in [-0.2, 0) is 4.79 Å². The predicted molar refractivity (Wildman–Crippen MR) is 158 cm³/mol. The largest absolute Gasteiger partial charge is 0.351 e. The molecule has 8 heteroatoms. The number of fused-ring (bicyclic) bond motifs is 4. The van der Waals surface area contributed by atoms with E-state index in [4.69, 9.17) is 0 Å². The zero-order valence-electron chi connectivity index (χ0n) is 23.4. The van der Waals surface area contributed by atoms with Gasteiger partial charge in [-0.15, -0.1) is 11.8 Å². The number of H-pyrrole nitrogens is 1. The Morgan fingerprint density at radius 3 is 2.62 bits per heavy atom. The number of carbonyl (C=O) groups is 2. The molecular formula is C31H45N5O2S. The third-order valence-corrected chi connectivity index (χ3v) is 11.8. The molecule has 2 aliphatic heterocycles. The number of pyridine rings is 1. The maximum absolute atomic E-state index is 13.4. The van der Waals surface area contributed by atoms with Gasteiger partial charge in [0.05, 0.1) is 5.37 Å². The molecule has 6 rings (SSSR count). The third-order valence-electron chi connectivity index (χ3n) is 10.0. The minimum Gasteiger partial charge on any atom is -0.351 e. The number of hydrogen-bond donors (Lipinski definition) is 3. The number of piperidine rings is 1. The second-order valence-electron chi connectivity index (χ2n) is 12.5. The van der Waals surface area contributed by atoms with Crippen molar-refractivity contribution in [1.82, 2.24) is 25.5 Å². The molecule has 4 aliphatic rings. The van der Waals surface area contributed by atoms with Crippen LogP contribution in [0.1, 0.15) is 94.5 Å². The predicted octanol–water partition coefficient (Wildman–Crippen LogP) is 5.48. The lowest BCUT2D eigenvalue weighted by Gasteiger charge is -2.33. The fraction of sp³-hybridized carbons (Fsp3) is 0.710. The summed E-state index contributed by atoms with van der Waals surface area (Å²) in [5, 5.41) is 8.29. The normalized spacial score (nSPS) is 31.2. The van der Waals surface area contributed by atoms with Crippen molar-refractivity contribution >= 4 is 34.5 Å². The SMILES string of the molecule is CC1NC(CC(=O)N2CCC(CCCCNC(=O)c3cc4cnccc4[nH]3)CC2)C2(S1)C1CCCCCCC12. The van der Waals surface area contributed by atoms with Crippen molar-refractivity contribution in [1.29, 1.82) is 0 Å². The van der Waals surface area contributed by atoms with Gasteiger partial charge in [-0.3, -0.25) is 14.6 Å². The molecule has 212 valence electrons. The third kappa shape index (κ3) is 5.74. The molecule has 4 atom stereocenters. The van der Waals surface area contributed by atoms with E-state index in [-0.39, 0.29) is 5.91 Å². The molecule has 39 heavy (non-hydrogen) atoms. The van der Waals surface area contributed by atoms with Crippen molar-refractivity contribution < 1.29 is 9.59 Å². The molecule has 2 saturated carbocycles. The molecule has 2 saturated heterocycles. The minimum atomic E-state index is -0.0547. The van der Waals surface area contributed by atoms with Gasteiger partial charge >= 0.3 is 0 Å². The minimum absolute atomic E-state index is 0.0547. The fourth-order valence-electron chi connectivity index (χ4n) is 7.94. The first-order valence-corrected chi connectivity index (χ1v) is 16.3. The Balaban J connectivity index is 0.898. The van der Waals surface area contributed by atoms with Crippen LogP contribution < -0.4 is 10.6 Å². The van der Waals surface area contributed by atoms with Gasteiger partial charge in [0.1, 0.15) is 5.69 Å². The monoisotopic (exact) mass is 551 g/mol. The summed E-state index contributed by atoms with van der Waals surface area (Å²) in [7, 11) is 0. The van der Waals surface area contributed by atoms with Gasteiger partial charge in [-0.2, -0.15) is 0 Å². The van der Waals surface area contributed by atoms with E-state index in [2.05, 4.69) is 44.2 Å². The Morgan fingerprint density at radius 2 is 1.87 bits per heavy atom. The molecule has 4 fully saturated rings. The standard InChI is InChI=1S/C31H45N5O2S/c1-21-34-28(31(39-21)24-9-4-2-3-5-10-25(24)31)19-29(37)36-16-12-22(13-17-36)8-6-7-14-33-30(38)27-18-23-20-32-15-11-26(23)35-27/h11,15,18,20-22,24-25,28,34-35H,2-10,12-14,16-17,19H2,1H3,(H,33,38). The summed E-state index contributed by atoms with van der Waals surface area (Å²) >= 11 is 2.16. The number of rotatable bonds is 8. The zero-order chi connectivity index (χ0) is 26.8. The molecule has 2 amide bonds. The number of unbranched alkanes of at least 4 members (excludes halogenated alkanes) is 1. The van der Waals surface area contributed by atoms with Crippen LogP contribution >= 0.6 is 11.8 Å². The number of aromatic amines is 1. The van der Waals surface area contributed by atoms with E-state index in [1.165, 1.54) is 44.9 Å². The van der Waals surface area contributed by atoms with Gasteiger partial charge in [0, 0.05) is 60.1 Å².